The van der Waals surface area contributed by atoms with Crippen molar-refractivity contribution < 1.29 is 9.84 Å². The van der Waals surface area contributed by atoms with Gasteiger partial charge in [-0.1, -0.05) is 0 Å². The van der Waals surface area contributed by atoms with Crippen LogP contribution in [0.15, 0.2) is 31.1 Å². The highest BCUT2D eigenvalue weighted by Crippen LogP contribution is 2.25. The molecule has 1 aliphatic heterocycles. The maximum Gasteiger partial charge on any atom is 0.225 e. The zero-order valence-electron chi connectivity index (χ0n) is 18.9. The smallest absolute Gasteiger partial charge is 0.225 e. The van der Waals surface area contributed by atoms with Crippen molar-refractivity contribution in [3.05, 3.63) is 31.1 Å². The molecule has 1 fully saturated rings. The van der Waals surface area contributed by atoms with Gasteiger partial charge in [-0.15, -0.1) is 0 Å². The van der Waals surface area contributed by atoms with Gasteiger partial charge in [-0.25, -0.2) is 24.9 Å². The first-order chi connectivity index (χ1) is 15.5. The Bertz CT molecular complexity index is 1010. The molecule has 0 aliphatic carbocycles. The first kappa shape index (κ1) is 22.3. The summed E-state index contributed by atoms with van der Waals surface area (Å²) in [7, 11) is 5.71. The van der Waals surface area contributed by atoms with Crippen LogP contribution in [0.2, 0.25) is 0 Å². The number of aliphatic hydroxyl groups is 1. The summed E-state index contributed by atoms with van der Waals surface area (Å²) >= 11 is 0. The first-order valence-corrected chi connectivity index (χ1v) is 10.8. The van der Waals surface area contributed by atoms with Crippen molar-refractivity contribution in [2.45, 2.75) is 18.6 Å². The number of aromatic nitrogens is 6. The number of methoxy groups -OCH3 is 1. The SMILES string of the molecule is COCCn1cnc2c(N(C)CCN(C)CC3(O)CCN(c4ncccn4)C3)ncnc21. The molecule has 0 bridgehead atoms. The second-order valence-corrected chi connectivity index (χ2v) is 8.40. The van der Waals surface area contributed by atoms with Crippen LogP contribution in [0.5, 0.6) is 0 Å². The van der Waals surface area contributed by atoms with Crippen LogP contribution in [0.4, 0.5) is 11.8 Å². The van der Waals surface area contributed by atoms with E-state index in [-0.39, 0.29) is 0 Å². The molecule has 3 aromatic rings. The molecule has 1 atom stereocenters. The topological polar surface area (TPSA) is 109 Å². The molecule has 0 aromatic carbocycles. The van der Waals surface area contributed by atoms with Crippen molar-refractivity contribution in [2.75, 3.05) is 70.3 Å². The molecule has 0 radical (unpaired) electrons. The molecule has 1 saturated heterocycles. The predicted molar refractivity (Wildman–Crippen MR) is 122 cm³/mol. The van der Waals surface area contributed by atoms with Crippen LogP contribution in [0.3, 0.4) is 0 Å². The Labute approximate surface area is 187 Å². The number of imidazole rings is 1. The van der Waals surface area contributed by atoms with E-state index in [1.807, 2.05) is 23.6 Å². The van der Waals surface area contributed by atoms with Gasteiger partial charge >= 0.3 is 0 Å². The second kappa shape index (κ2) is 9.72. The molecule has 11 nitrogen and oxygen atoms in total. The van der Waals surface area contributed by atoms with Crippen LogP contribution in [0.25, 0.3) is 11.2 Å². The minimum atomic E-state index is -0.783. The highest BCUT2D eigenvalue weighted by Gasteiger charge is 2.38. The fraction of sp³-hybridized carbons (Fsp3) is 0.571. The Morgan fingerprint density at radius 3 is 2.72 bits per heavy atom. The van der Waals surface area contributed by atoms with Crippen molar-refractivity contribution in [2.24, 2.45) is 0 Å². The standard InChI is InChI=1S/C21H31N9O2/c1-27(13-21(31)5-8-29(14-21)20-22-6-4-7-23-20)9-10-28(2)18-17-19(25-15-24-18)30(16-26-17)11-12-32-3/h4,6-7,15-16,31H,5,8-14H2,1-3H3. The summed E-state index contributed by atoms with van der Waals surface area (Å²) in [6.07, 6.45) is 7.50. The molecule has 172 valence electrons. The van der Waals surface area contributed by atoms with Gasteiger partial charge in [-0.05, 0) is 19.5 Å². The number of anilines is 2. The number of ether oxygens (including phenoxy) is 1. The maximum atomic E-state index is 11.1. The lowest BCUT2D eigenvalue weighted by atomic mass is 10.0. The lowest BCUT2D eigenvalue weighted by molar-refractivity contribution is 0.0307. The van der Waals surface area contributed by atoms with Crippen LogP contribution in [0.1, 0.15) is 6.42 Å². The van der Waals surface area contributed by atoms with E-state index in [0.717, 1.165) is 36.6 Å². The Morgan fingerprint density at radius 1 is 1.12 bits per heavy atom. The van der Waals surface area contributed by atoms with Gasteiger partial charge < -0.3 is 29.1 Å². The van der Waals surface area contributed by atoms with Gasteiger partial charge in [0.1, 0.15) is 6.33 Å². The Hall–Kier alpha value is -2.89. The van der Waals surface area contributed by atoms with Gasteiger partial charge in [0, 0.05) is 59.3 Å². The van der Waals surface area contributed by atoms with Crippen LogP contribution in [-0.2, 0) is 11.3 Å². The highest BCUT2D eigenvalue weighted by molar-refractivity contribution is 5.83. The lowest BCUT2D eigenvalue weighted by Crippen LogP contribution is -2.45. The molecular formula is C21H31N9O2. The monoisotopic (exact) mass is 441 g/mol. The molecule has 0 saturated carbocycles. The van der Waals surface area contributed by atoms with Crippen LogP contribution in [-0.4, -0.2) is 106 Å². The zero-order valence-corrected chi connectivity index (χ0v) is 18.9. The summed E-state index contributed by atoms with van der Waals surface area (Å²) in [5.41, 5.74) is 0.798. The average molecular weight is 442 g/mol. The summed E-state index contributed by atoms with van der Waals surface area (Å²) in [5, 5.41) is 11.1. The number of fused-ring (bicyclic) bond motifs is 1. The van der Waals surface area contributed by atoms with Crippen molar-refractivity contribution in [1.82, 2.24) is 34.4 Å². The van der Waals surface area contributed by atoms with Gasteiger partial charge in [0.05, 0.1) is 25.1 Å². The van der Waals surface area contributed by atoms with E-state index in [2.05, 4.69) is 34.7 Å². The van der Waals surface area contributed by atoms with Crippen molar-refractivity contribution in [3.8, 4) is 0 Å². The summed E-state index contributed by atoms with van der Waals surface area (Å²) in [4.78, 5) is 28.2. The van der Waals surface area contributed by atoms with Crippen LogP contribution < -0.4 is 9.80 Å². The molecule has 32 heavy (non-hydrogen) atoms. The first-order valence-electron chi connectivity index (χ1n) is 10.8. The fourth-order valence-electron chi connectivity index (χ4n) is 4.12. The van der Waals surface area contributed by atoms with E-state index in [1.165, 1.54) is 0 Å². The number of rotatable bonds is 10. The van der Waals surface area contributed by atoms with E-state index in [9.17, 15) is 5.11 Å². The maximum absolute atomic E-state index is 11.1. The molecule has 4 rings (SSSR count). The van der Waals surface area contributed by atoms with Gasteiger partial charge in [0.2, 0.25) is 5.95 Å². The van der Waals surface area contributed by atoms with E-state index >= 15 is 0 Å². The Kier molecular flexibility index (Phi) is 6.77. The number of β-amino-alcohol motifs (C(OH)–C–C–N with tert-alkyl or cyclic N) is 1. The minimum absolute atomic E-state index is 0.530. The van der Waals surface area contributed by atoms with Crippen LogP contribution in [0, 0.1) is 0 Å². The van der Waals surface area contributed by atoms with E-state index in [1.54, 1.807) is 38.2 Å². The van der Waals surface area contributed by atoms with E-state index < -0.39 is 5.60 Å². The average Bonchev–Trinajstić information content (AvgIpc) is 3.40. The quantitative estimate of drug-likeness (QED) is 0.471. The molecule has 0 amide bonds. The molecule has 3 aromatic heterocycles. The van der Waals surface area contributed by atoms with Crippen molar-refractivity contribution in [3.63, 3.8) is 0 Å². The normalized spacial score (nSPS) is 18.7. The molecule has 11 heteroatoms. The van der Waals surface area contributed by atoms with Crippen molar-refractivity contribution >= 4 is 22.9 Å². The molecule has 1 aliphatic rings. The molecule has 4 heterocycles. The van der Waals surface area contributed by atoms with E-state index in [0.29, 0.717) is 38.6 Å². The summed E-state index contributed by atoms with van der Waals surface area (Å²) < 4.78 is 7.14. The molecule has 1 unspecified atom stereocenters. The summed E-state index contributed by atoms with van der Waals surface area (Å²) in [6.45, 7) is 4.67. The summed E-state index contributed by atoms with van der Waals surface area (Å²) in [5.74, 6) is 1.47. The molecule has 0 spiro atoms. The third-order valence-corrected chi connectivity index (χ3v) is 5.83. The minimum Gasteiger partial charge on any atom is -0.387 e. The van der Waals surface area contributed by atoms with E-state index in [4.69, 9.17) is 4.74 Å². The lowest BCUT2D eigenvalue weighted by Gasteiger charge is -2.30. The third kappa shape index (κ3) is 4.95. The van der Waals surface area contributed by atoms with Crippen LogP contribution >= 0.6 is 0 Å². The molecular weight excluding hydrogens is 410 g/mol. The van der Waals surface area contributed by atoms with Gasteiger partial charge in [-0.3, -0.25) is 0 Å². The fourth-order valence-corrected chi connectivity index (χ4v) is 4.12. The number of likely N-dealkylation sites (N-methyl/N-ethyl adjacent to an activating group) is 2. The number of nitrogens with zero attached hydrogens (tertiary/aromatic N) is 9. The van der Waals surface area contributed by atoms with Gasteiger partial charge in [0.25, 0.3) is 0 Å². The highest BCUT2D eigenvalue weighted by atomic mass is 16.5. The largest absolute Gasteiger partial charge is 0.387 e. The summed E-state index contributed by atoms with van der Waals surface area (Å²) in [6, 6.07) is 1.80. The predicted octanol–water partition coefficient (Wildman–Crippen LogP) is 0.272. The zero-order chi connectivity index (χ0) is 22.6. The number of hydrogen-bond acceptors (Lipinski definition) is 10. The number of hydrogen-bond donors (Lipinski definition) is 1. The second-order valence-electron chi connectivity index (χ2n) is 8.40. The van der Waals surface area contributed by atoms with Gasteiger partial charge in [-0.2, -0.15) is 0 Å². The Balaban J connectivity index is 1.33. The van der Waals surface area contributed by atoms with Gasteiger partial charge in [0.15, 0.2) is 17.0 Å². The van der Waals surface area contributed by atoms with Crippen molar-refractivity contribution in [1.29, 1.82) is 0 Å². The Morgan fingerprint density at radius 2 is 1.94 bits per heavy atom. The third-order valence-electron chi connectivity index (χ3n) is 5.83. The molecule has 1 N–H and O–H groups in total.